The molecule has 1 fully saturated rings. The fourth-order valence-corrected chi connectivity index (χ4v) is 2.25. The van der Waals surface area contributed by atoms with E-state index in [0.717, 1.165) is 12.8 Å². The van der Waals surface area contributed by atoms with Crippen LogP contribution < -0.4 is 0 Å². The van der Waals surface area contributed by atoms with Gasteiger partial charge in [-0.1, -0.05) is 59.3 Å². The first kappa shape index (κ1) is 14.9. The molecule has 0 unspecified atom stereocenters. The molecule has 0 aromatic rings. The zero-order chi connectivity index (χ0) is 11.7. The van der Waals surface area contributed by atoms with Crippen molar-refractivity contribution in [2.24, 2.45) is 5.92 Å². The molecule has 0 amide bonds. The summed E-state index contributed by atoms with van der Waals surface area (Å²) in [5.41, 5.74) is -0.806. The molecular formula is C14H29F. The Labute approximate surface area is 95.6 Å². The lowest BCUT2D eigenvalue weighted by Gasteiger charge is -2.36. The minimum atomic E-state index is -0.806. The Balaban J connectivity index is 0.000000262. The smallest absolute Gasteiger partial charge is 0.108 e. The molecule has 1 aliphatic rings. The third kappa shape index (κ3) is 8.89. The Morgan fingerprint density at radius 3 is 1.53 bits per heavy atom. The fourth-order valence-electron chi connectivity index (χ4n) is 2.25. The highest BCUT2D eigenvalue weighted by Crippen LogP contribution is 2.39. The van der Waals surface area contributed by atoms with E-state index in [0.29, 0.717) is 5.92 Å². The summed E-state index contributed by atoms with van der Waals surface area (Å²) in [4.78, 5) is 0. The molecule has 1 aliphatic carbocycles. The van der Waals surface area contributed by atoms with E-state index in [9.17, 15) is 4.39 Å². The molecule has 0 atom stereocenters. The van der Waals surface area contributed by atoms with Crippen LogP contribution >= 0.6 is 0 Å². The van der Waals surface area contributed by atoms with Crippen LogP contribution in [0.25, 0.3) is 0 Å². The molecule has 15 heavy (non-hydrogen) atoms. The summed E-state index contributed by atoms with van der Waals surface area (Å²) in [5.74, 6) is 0.634. The van der Waals surface area contributed by atoms with Gasteiger partial charge in [-0.25, -0.2) is 4.39 Å². The third-order valence-electron chi connectivity index (χ3n) is 3.01. The number of rotatable bonds is 5. The second kappa shape index (κ2) is 8.13. The second-order valence-corrected chi connectivity index (χ2v) is 5.34. The van der Waals surface area contributed by atoms with E-state index in [1.54, 1.807) is 6.92 Å². The fraction of sp³-hybridized carbons (Fsp3) is 1.00. The van der Waals surface area contributed by atoms with E-state index >= 15 is 0 Å². The van der Waals surface area contributed by atoms with E-state index in [-0.39, 0.29) is 0 Å². The van der Waals surface area contributed by atoms with Gasteiger partial charge in [-0.15, -0.1) is 0 Å². The molecule has 0 saturated heterocycles. The van der Waals surface area contributed by atoms with Crippen LogP contribution in [0.2, 0.25) is 0 Å². The van der Waals surface area contributed by atoms with Crippen molar-refractivity contribution in [3.05, 3.63) is 0 Å². The molecule has 0 aromatic carbocycles. The van der Waals surface area contributed by atoms with Crippen molar-refractivity contribution in [1.82, 2.24) is 0 Å². The quantitative estimate of drug-likeness (QED) is 0.531. The topological polar surface area (TPSA) is 0 Å². The predicted octanol–water partition coefficient (Wildman–Crippen LogP) is 5.51. The molecule has 1 heteroatoms. The molecule has 1 saturated carbocycles. The van der Waals surface area contributed by atoms with Gasteiger partial charge in [0, 0.05) is 0 Å². The van der Waals surface area contributed by atoms with Gasteiger partial charge in [0.05, 0.1) is 0 Å². The summed E-state index contributed by atoms with van der Waals surface area (Å²) in [7, 11) is 0. The number of halogens is 1. The van der Waals surface area contributed by atoms with Gasteiger partial charge in [-0.2, -0.15) is 0 Å². The SMILES string of the molecule is CC1CC(C)(F)C1.CCCCCCCC. The van der Waals surface area contributed by atoms with Crippen LogP contribution in [0.1, 0.15) is 79.1 Å². The van der Waals surface area contributed by atoms with Crippen molar-refractivity contribution < 1.29 is 4.39 Å². The van der Waals surface area contributed by atoms with Crippen molar-refractivity contribution in [3.8, 4) is 0 Å². The molecule has 0 bridgehead atoms. The molecule has 0 spiro atoms. The lowest BCUT2D eigenvalue weighted by molar-refractivity contribution is 0.0347. The van der Waals surface area contributed by atoms with Gasteiger partial charge in [0.15, 0.2) is 0 Å². The first-order valence-corrected chi connectivity index (χ1v) is 6.70. The average Bonchev–Trinajstić information content (AvgIpc) is 2.11. The van der Waals surface area contributed by atoms with E-state index in [1.165, 1.54) is 38.5 Å². The zero-order valence-corrected chi connectivity index (χ0v) is 11.1. The number of hydrogen-bond acceptors (Lipinski definition) is 0. The molecule has 0 nitrogen and oxygen atoms in total. The minimum Gasteiger partial charge on any atom is -0.244 e. The standard InChI is InChI=1S/C8H18.C6H11F/c1-3-5-7-8-6-4-2;1-5-3-6(2,7)4-5/h3-8H2,1-2H3;5H,3-4H2,1-2H3. The van der Waals surface area contributed by atoms with Gasteiger partial charge in [-0.05, 0) is 25.7 Å². The van der Waals surface area contributed by atoms with Crippen LogP contribution in [0, 0.1) is 5.92 Å². The molecule has 1 rings (SSSR count). The van der Waals surface area contributed by atoms with E-state index < -0.39 is 5.67 Å². The largest absolute Gasteiger partial charge is 0.244 e. The maximum atomic E-state index is 12.5. The predicted molar refractivity (Wildman–Crippen MR) is 67.0 cm³/mol. The minimum absolute atomic E-state index is 0.634. The normalized spacial score (nSPS) is 29.0. The Kier molecular flexibility index (Phi) is 8.09. The summed E-state index contributed by atoms with van der Waals surface area (Å²) < 4.78 is 12.5. The van der Waals surface area contributed by atoms with E-state index in [2.05, 4.69) is 20.8 Å². The first-order chi connectivity index (χ1) is 7.02. The monoisotopic (exact) mass is 216 g/mol. The van der Waals surface area contributed by atoms with E-state index in [4.69, 9.17) is 0 Å². The van der Waals surface area contributed by atoms with Crippen molar-refractivity contribution in [2.45, 2.75) is 84.7 Å². The van der Waals surface area contributed by atoms with Crippen molar-refractivity contribution >= 4 is 0 Å². The molecular weight excluding hydrogens is 187 g/mol. The first-order valence-electron chi connectivity index (χ1n) is 6.70. The van der Waals surface area contributed by atoms with Crippen LogP contribution in [0.15, 0.2) is 0 Å². The number of alkyl halides is 1. The Morgan fingerprint density at radius 1 is 1.00 bits per heavy atom. The zero-order valence-electron chi connectivity index (χ0n) is 11.1. The maximum absolute atomic E-state index is 12.5. The number of unbranched alkanes of at least 4 members (excludes halogenated alkanes) is 5. The van der Waals surface area contributed by atoms with Crippen LogP contribution in [0.3, 0.4) is 0 Å². The van der Waals surface area contributed by atoms with Gasteiger partial charge in [0.2, 0.25) is 0 Å². The lowest BCUT2D eigenvalue weighted by atomic mass is 9.75. The summed E-state index contributed by atoms with van der Waals surface area (Å²) in [6.07, 6.45) is 10.0. The van der Waals surface area contributed by atoms with Gasteiger partial charge in [0.25, 0.3) is 0 Å². The van der Waals surface area contributed by atoms with Gasteiger partial charge < -0.3 is 0 Å². The molecule has 92 valence electrons. The van der Waals surface area contributed by atoms with Crippen LogP contribution in [0.4, 0.5) is 4.39 Å². The van der Waals surface area contributed by atoms with Gasteiger partial charge in [-0.3, -0.25) is 0 Å². The number of hydrogen-bond donors (Lipinski definition) is 0. The van der Waals surface area contributed by atoms with Crippen molar-refractivity contribution in [1.29, 1.82) is 0 Å². The highest BCUT2D eigenvalue weighted by molar-refractivity contribution is 4.87. The summed E-state index contributed by atoms with van der Waals surface area (Å²) >= 11 is 0. The van der Waals surface area contributed by atoms with Crippen molar-refractivity contribution in [2.75, 3.05) is 0 Å². The molecule has 0 radical (unpaired) electrons. The lowest BCUT2D eigenvalue weighted by Crippen LogP contribution is -2.34. The van der Waals surface area contributed by atoms with Crippen molar-refractivity contribution in [3.63, 3.8) is 0 Å². The Bertz CT molecular complexity index is 126. The molecule has 0 aliphatic heterocycles. The molecule has 0 N–H and O–H groups in total. The van der Waals surface area contributed by atoms with Gasteiger partial charge >= 0.3 is 0 Å². The highest BCUT2D eigenvalue weighted by Gasteiger charge is 2.37. The Hall–Kier alpha value is -0.0700. The van der Waals surface area contributed by atoms with E-state index in [1.807, 2.05) is 0 Å². The van der Waals surface area contributed by atoms with Crippen LogP contribution in [-0.2, 0) is 0 Å². The average molecular weight is 216 g/mol. The van der Waals surface area contributed by atoms with Crippen LogP contribution in [-0.4, -0.2) is 5.67 Å². The summed E-state index contributed by atoms with van der Waals surface area (Å²) in [5, 5.41) is 0. The maximum Gasteiger partial charge on any atom is 0.108 e. The highest BCUT2D eigenvalue weighted by atomic mass is 19.1. The summed E-state index contributed by atoms with van der Waals surface area (Å²) in [6, 6.07) is 0. The Morgan fingerprint density at radius 2 is 1.40 bits per heavy atom. The van der Waals surface area contributed by atoms with Gasteiger partial charge in [0.1, 0.15) is 5.67 Å². The van der Waals surface area contributed by atoms with Crippen LogP contribution in [0.5, 0.6) is 0 Å². The molecule has 0 aromatic heterocycles. The molecule has 0 heterocycles. The third-order valence-corrected chi connectivity index (χ3v) is 3.01. The summed E-state index contributed by atoms with van der Waals surface area (Å²) in [6.45, 7) is 8.27. The second-order valence-electron chi connectivity index (χ2n) is 5.34.